The number of benzene rings is 1. The van der Waals surface area contributed by atoms with Gasteiger partial charge in [-0.1, -0.05) is 0 Å². The van der Waals surface area contributed by atoms with Crippen molar-refractivity contribution in [1.82, 2.24) is 0 Å². The van der Waals surface area contributed by atoms with Crippen molar-refractivity contribution in [2.24, 2.45) is 0 Å². The second-order valence-corrected chi connectivity index (χ2v) is 3.59. The molecule has 0 spiro atoms. The van der Waals surface area contributed by atoms with Crippen LogP contribution in [0.25, 0.3) is 0 Å². The molecule has 2 N–H and O–H groups in total. The first-order valence-electron chi connectivity index (χ1n) is 5.79. The van der Waals surface area contributed by atoms with Crippen molar-refractivity contribution in [2.45, 2.75) is 20.3 Å². The Kier molecular flexibility index (Phi) is 5.17. The number of anilines is 1. The molecule has 0 aromatic heterocycles. The highest BCUT2D eigenvalue weighted by molar-refractivity contribution is 6.06. The molecule has 0 aliphatic rings. The molecule has 5 heteroatoms. The van der Waals surface area contributed by atoms with Gasteiger partial charge in [0.25, 0.3) is 0 Å². The summed E-state index contributed by atoms with van der Waals surface area (Å²) in [7, 11) is 0. The van der Waals surface area contributed by atoms with E-state index in [4.69, 9.17) is 15.2 Å². The van der Waals surface area contributed by atoms with Crippen LogP contribution in [-0.2, 0) is 9.53 Å². The Morgan fingerprint density at radius 2 is 1.94 bits per heavy atom. The molecular formula is C13H17NO4. The molecule has 98 valence electrons. The van der Waals surface area contributed by atoms with Crippen LogP contribution < -0.4 is 10.5 Å². The molecule has 1 aromatic carbocycles. The third-order valence-corrected chi connectivity index (χ3v) is 2.24. The van der Waals surface area contributed by atoms with Crippen molar-refractivity contribution in [1.29, 1.82) is 0 Å². The maximum absolute atomic E-state index is 11.8. The summed E-state index contributed by atoms with van der Waals surface area (Å²) in [5.41, 5.74) is 6.50. The van der Waals surface area contributed by atoms with Crippen LogP contribution in [0, 0.1) is 0 Å². The van der Waals surface area contributed by atoms with E-state index in [1.165, 1.54) is 6.07 Å². The maximum atomic E-state index is 11.8. The summed E-state index contributed by atoms with van der Waals surface area (Å²) in [6.07, 6.45) is -0.277. The maximum Gasteiger partial charge on any atom is 0.313 e. The monoisotopic (exact) mass is 251 g/mol. The number of carbonyl (C=O) groups excluding carboxylic acids is 2. The second-order valence-electron chi connectivity index (χ2n) is 3.59. The quantitative estimate of drug-likeness (QED) is 0.361. The summed E-state index contributed by atoms with van der Waals surface area (Å²) in [4.78, 5) is 22.9. The number of esters is 1. The molecule has 0 saturated heterocycles. The molecule has 0 bridgehead atoms. The summed E-state index contributed by atoms with van der Waals surface area (Å²) < 4.78 is 9.97. The summed E-state index contributed by atoms with van der Waals surface area (Å²) in [6.45, 7) is 4.30. The van der Waals surface area contributed by atoms with Crippen molar-refractivity contribution < 1.29 is 19.1 Å². The lowest BCUT2D eigenvalue weighted by Crippen LogP contribution is -2.11. The number of Topliss-reactive ketones (excluding diaryl/α,β-unsaturated/α-hetero) is 1. The summed E-state index contributed by atoms with van der Waals surface area (Å²) in [6, 6.07) is 4.71. The largest absolute Gasteiger partial charge is 0.492 e. The molecule has 18 heavy (non-hydrogen) atoms. The molecule has 1 aromatic rings. The van der Waals surface area contributed by atoms with Crippen LogP contribution in [0.15, 0.2) is 18.2 Å². The Labute approximate surface area is 106 Å². The van der Waals surface area contributed by atoms with Crippen LogP contribution in [0.3, 0.4) is 0 Å². The van der Waals surface area contributed by atoms with Gasteiger partial charge in [0.2, 0.25) is 0 Å². The first kappa shape index (κ1) is 14.0. The SMILES string of the molecule is CCOC(=O)CC(=O)c1ccc(OCC)c(N)c1. The summed E-state index contributed by atoms with van der Waals surface area (Å²) in [5, 5.41) is 0. The lowest BCUT2D eigenvalue weighted by atomic mass is 10.1. The molecule has 0 heterocycles. The van der Waals surface area contributed by atoms with E-state index < -0.39 is 5.97 Å². The van der Waals surface area contributed by atoms with Gasteiger partial charge in [0.05, 0.1) is 18.9 Å². The van der Waals surface area contributed by atoms with Gasteiger partial charge in [-0.3, -0.25) is 9.59 Å². The smallest absolute Gasteiger partial charge is 0.313 e. The van der Waals surface area contributed by atoms with Crippen molar-refractivity contribution in [3.63, 3.8) is 0 Å². The zero-order valence-electron chi connectivity index (χ0n) is 10.6. The van der Waals surface area contributed by atoms with Gasteiger partial charge in [0.15, 0.2) is 5.78 Å². The van der Waals surface area contributed by atoms with E-state index in [1.54, 1.807) is 19.1 Å². The molecule has 0 amide bonds. The standard InChI is InChI=1S/C13H17NO4/c1-3-17-12-6-5-9(7-10(12)14)11(15)8-13(16)18-4-2/h5-7H,3-4,8,14H2,1-2H3. The number of ketones is 1. The Morgan fingerprint density at radius 3 is 2.50 bits per heavy atom. The van der Waals surface area contributed by atoms with Gasteiger partial charge < -0.3 is 15.2 Å². The van der Waals surface area contributed by atoms with Crippen molar-refractivity contribution >= 4 is 17.4 Å². The van der Waals surface area contributed by atoms with Crippen LogP contribution in [0.1, 0.15) is 30.6 Å². The average molecular weight is 251 g/mol. The molecule has 0 atom stereocenters. The fraction of sp³-hybridized carbons (Fsp3) is 0.385. The predicted molar refractivity (Wildman–Crippen MR) is 67.6 cm³/mol. The Balaban J connectivity index is 2.75. The van der Waals surface area contributed by atoms with Crippen molar-refractivity contribution in [3.8, 4) is 5.75 Å². The average Bonchev–Trinajstić information content (AvgIpc) is 2.32. The first-order chi connectivity index (χ1) is 8.58. The number of nitrogen functional groups attached to an aromatic ring is 1. The van der Waals surface area contributed by atoms with Crippen LogP contribution in [-0.4, -0.2) is 25.0 Å². The summed E-state index contributed by atoms with van der Waals surface area (Å²) in [5.74, 6) is -0.316. The number of hydrogen-bond donors (Lipinski definition) is 1. The normalized spacial score (nSPS) is 9.89. The number of hydrogen-bond acceptors (Lipinski definition) is 5. The third-order valence-electron chi connectivity index (χ3n) is 2.24. The number of carbonyl (C=O) groups is 2. The predicted octanol–water partition coefficient (Wildman–Crippen LogP) is 1.80. The van der Waals surface area contributed by atoms with Crippen LogP contribution >= 0.6 is 0 Å². The van der Waals surface area contributed by atoms with Gasteiger partial charge in [0, 0.05) is 5.56 Å². The van der Waals surface area contributed by atoms with Gasteiger partial charge in [-0.05, 0) is 32.0 Å². The molecule has 0 fully saturated rings. The lowest BCUT2D eigenvalue weighted by Gasteiger charge is -2.08. The molecule has 0 aliphatic heterocycles. The molecule has 0 aliphatic carbocycles. The van der Waals surface area contributed by atoms with E-state index in [0.29, 0.717) is 23.6 Å². The third kappa shape index (κ3) is 3.76. The van der Waals surface area contributed by atoms with Crippen molar-refractivity contribution in [3.05, 3.63) is 23.8 Å². The van der Waals surface area contributed by atoms with Gasteiger partial charge in [-0.15, -0.1) is 0 Å². The number of ether oxygens (including phenoxy) is 2. The van der Waals surface area contributed by atoms with Gasteiger partial charge >= 0.3 is 5.97 Å². The minimum Gasteiger partial charge on any atom is -0.492 e. The summed E-state index contributed by atoms with van der Waals surface area (Å²) >= 11 is 0. The Hall–Kier alpha value is -2.04. The topological polar surface area (TPSA) is 78.6 Å². The van der Waals surface area contributed by atoms with Gasteiger partial charge in [-0.2, -0.15) is 0 Å². The zero-order chi connectivity index (χ0) is 13.5. The molecule has 0 unspecified atom stereocenters. The van der Waals surface area contributed by atoms with E-state index >= 15 is 0 Å². The second kappa shape index (κ2) is 6.64. The zero-order valence-corrected chi connectivity index (χ0v) is 10.6. The van der Waals surface area contributed by atoms with Gasteiger partial charge in [-0.25, -0.2) is 0 Å². The molecular weight excluding hydrogens is 234 g/mol. The highest BCUT2D eigenvalue weighted by Gasteiger charge is 2.14. The number of rotatable bonds is 6. The van der Waals surface area contributed by atoms with E-state index in [9.17, 15) is 9.59 Å². The number of nitrogens with two attached hydrogens (primary N) is 1. The highest BCUT2D eigenvalue weighted by Crippen LogP contribution is 2.23. The molecule has 5 nitrogen and oxygen atoms in total. The van der Waals surface area contributed by atoms with E-state index in [0.717, 1.165) is 0 Å². The first-order valence-corrected chi connectivity index (χ1v) is 5.79. The Morgan fingerprint density at radius 1 is 1.22 bits per heavy atom. The van der Waals surface area contributed by atoms with Crippen LogP contribution in [0.2, 0.25) is 0 Å². The molecule has 1 rings (SSSR count). The molecule has 0 radical (unpaired) electrons. The minimum atomic E-state index is -0.532. The van der Waals surface area contributed by atoms with E-state index in [-0.39, 0.29) is 18.8 Å². The fourth-order valence-corrected chi connectivity index (χ4v) is 1.45. The minimum absolute atomic E-state index is 0.261. The lowest BCUT2D eigenvalue weighted by molar-refractivity contribution is -0.141. The van der Waals surface area contributed by atoms with E-state index in [2.05, 4.69) is 0 Å². The highest BCUT2D eigenvalue weighted by atomic mass is 16.5. The molecule has 0 saturated carbocycles. The van der Waals surface area contributed by atoms with E-state index in [1.807, 2.05) is 6.92 Å². The Bertz CT molecular complexity index is 443. The van der Waals surface area contributed by atoms with Crippen LogP contribution in [0.5, 0.6) is 5.75 Å². The van der Waals surface area contributed by atoms with Crippen LogP contribution in [0.4, 0.5) is 5.69 Å². The van der Waals surface area contributed by atoms with Crippen molar-refractivity contribution in [2.75, 3.05) is 18.9 Å². The fourth-order valence-electron chi connectivity index (χ4n) is 1.45. The van der Waals surface area contributed by atoms with Gasteiger partial charge in [0.1, 0.15) is 12.2 Å².